The number of aryl methyl sites for hydroxylation is 2. The third kappa shape index (κ3) is 5.31. The van der Waals surface area contributed by atoms with Crippen LogP contribution in [0.4, 0.5) is 0 Å². The van der Waals surface area contributed by atoms with Crippen molar-refractivity contribution in [2.75, 3.05) is 6.54 Å². The van der Waals surface area contributed by atoms with Gasteiger partial charge in [0.2, 0.25) is 5.91 Å². The molecule has 3 N–H and O–H groups in total. The number of benzene rings is 2. The summed E-state index contributed by atoms with van der Waals surface area (Å²) in [4.78, 5) is 35.9. The Kier molecular flexibility index (Phi) is 8.10. The summed E-state index contributed by atoms with van der Waals surface area (Å²) in [5.74, 6) is -0.540. The Balaban J connectivity index is 1.32. The van der Waals surface area contributed by atoms with E-state index in [1.165, 1.54) is 0 Å². The SMILES string of the molecule is Cc1cc(-c2scnc2C)ccc1C(C)NC(O)C1CC(O)CN1C(=O)C(C(C)C)N1Cc2ccccc2C1=O. The molecule has 0 aliphatic carbocycles. The molecule has 212 valence electrons. The Morgan fingerprint density at radius 2 is 1.90 bits per heavy atom. The molecular weight excluding hydrogens is 524 g/mol. The zero-order valence-electron chi connectivity index (χ0n) is 23.7. The lowest BCUT2D eigenvalue weighted by molar-refractivity contribution is -0.141. The lowest BCUT2D eigenvalue weighted by Gasteiger charge is -2.37. The number of hydrogen-bond donors (Lipinski definition) is 3. The van der Waals surface area contributed by atoms with Gasteiger partial charge in [-0.05, 0) is 61.4 Å². The minimum absolute atomic E-state index is 0.122. The van der Waals surface area contributed by atoms with Crippen molar-refractivity contribution in [3.8, 4) is 10.4 Å². The van der Waals surface area contributed by atoms with Crippen LogP contribution in [0.25, 0.3) is 10.4 Å². The van der Waals surface area contributed by atoms with Gasteiger partial charge in [0.1, 0.15) is 12.3 Å². The minimum Gasteiger partial charge on any atom is -0.391 e. The van der Waals surface area contributed by atoms with Crippen molar-refractivity contribution in [2.24, 2.45) is 5.92 Å². The van der Waals surface area contributed by atoms with E-state index in [1.807, 2.05) is 58.3 Å². The van der Waals surface area contributed by atoms with Gasteiger partial charge < -0.3 is 20.0 Å². The lowest BCUT2D eigenvalue weighted by Crippen LogP contribution is -2.56. The summed E-state index contributed by atoms with van der Waals surface area (Å²) in [7, 11) is 0. The summed E-state index contributed by atoms with van der Waals surface area (Å²) in [6.07, 6.45) is -1.55. The van der Waals surface area contributed by atoms with Crippen molar-refractivity contribution in [3.05, 3.63) is 75.9 Å². The number of thiazole rings is 1. The molecule has 5 unspecified atom stereocenters. The van der Waals surface area contributed by atoms with Gasteiger partial charge in [0.25, 0.3) is 5.91 Å². The van der Waals surface area contributed by atoms with E-state index in [1.54, 1.807) is 27.2 Å². The molecular formula is C31H38N4O4S. The second kappa shape index (κ2) is 11.4. The van der Waals surface area contributed by atoms with Crippen LogP contribution >= 0.6 is 11.3 Å². The number of likely N-dealkylation sites (tertiary alicyclic amines) is 1. The second-order valence-electron chi connectivity index (χ2n) is 11.4. The number of rotatable bonds is 8. The maximum atomic E-state index is 14.0. The van der Waals surface area contributed by atoms with Crippen LogP contribution in [-0.2, 0) is 11.3 Å². The van der Waals surface area contributed by atoms with E-state index in [2.05, 4.69) is 28.5 Å². The van der Waals surface area contributed by atoms with E-state index in [4.69, 9.17) is 0 Å². The summed E-state index contributed by atoms with van der Waals surface area (Å²) in [5.41, 5.74) is 7.63. The van der Waals surface area contributed by atoms with Crippen LogP contribution in [0.15, 0.2) is 48.0 Å². The molecule has 1 aromatic heterocycles. The van der Waals surface area contributed by atoms with Crippen LogP contribution in [0.2, 0.25) is 0 Å². The van der Waals surface area contributed by atoms with E-state index in [-0.39, 0.29) is 36.7 Å². The van der Waals surface area contributed by atoms with Crippen molar-refractivity contribution in [2.45, 2.75) is 78.0 Å². The fourth-order valence-electron chi connectivity index (χ4n) is 6.18. The van der Waals surface area contributed by atoms with E-state index in [0.717, 1.165) is 32.8 Å². The van der Waals surface area contributed by atoms with Crippen LogP contribution < -0.4 is 5.32 Å². The predicted octanol–water partition coefficient (Wildman–Crippen LogP) is 4.04. The number of nitrogens with one attached hydrogen (secondary N) is 1. The molecule has 9 heteroatoms. The average molecular weight is 563 g/mol. The monoisotopic (exact) mass is 562 g/mol. The van der Waals surface area contributed by atoms with Gasteiger partial charge in [0, 0.05) is 24.7 Å². The van der Waals surface area contributed by atoms with Crippen molar-refractivity contribution < 1.29 is 19.8 Å². The molecule has 0 saturated carbocycles. The van der Waals surface area contributed by atoms with Crippen LogP contribution in [-0.4, -0.2) is 67.8 Å². The Bertz CT molecular complexity index is 1410. The van der Waals surface area contributed by atoms with Crippen molar-refractivity contribution in [1.29, 1.82) is 0 Å². The summed E-state index contributed by atoms with van der Waals surface area (Å²) < 4.78 is 0. The molecule has 2 aromatic carbocycles. The molecule has 2 aliphatic rings. The van der Waals surface area contributed by atoms with Crippen LogP contribution in [0.1, 0.15) is 66.0 Å². The Morgan fingerprint density at radius 3 is 2.55 bits per heavy atom. The van der Waals surface area contributed by atoms with Crippen molar-refractivity contribution in [1.82, 2.24) is 20.1 Å². The van der Waals surface area contributed by atoms with Crippen molar-refractivity contribution in [3.63, 3.8) is 0 Å². The maximum Gasteiger partial charge on any atom is 0.255 e. The number of carbonyl (C=O) groups is 2. The Hall–Kier alpha value is -3.11. The number of hydrogen-bond acceptors (Lipinski definition) is 7. The summed E-state index contributed by atoms with van der Waals surface area (Å²) in [6, 6.07) is 12.2. The first-order valence-corrected chi connectivity index (χ1v) is 14.8. The second-order valence-corrected chi connectivity index (χ2v) is 12.3. The molecule has 1 saturated heterocycles. The summed E-state index contributed by atoms with van der Waals surface area (Å²) >= 11 is 1.61. The quantitative estimate of drug-likeness (QED) is 0.358. The van der Waals surface area contributed by atoms with Gasteiger partial charge in [-0.25, -0.2) is 4.98 Å². The highest BCUT2D eigenvalue weighted by molar-refractivity contribution is 7.13. The van der Waals surface area contributed by atoms with E-state index < -0.39 is 24.4 Å². The van der Waals surface area contributed by atoms with Gasteiger partial charge in [-0.1, -0.05) is 50.2 Å². The summed E-state index contributed by atoms with van der Waals surface area (Å²) in [6.45, 7) is 10.4. The standard InChI is InChI=1S/C31H38N4O4S/c1-17(2)27(35-14-22-8-6-7-9-25(22)30(35)38)31(39)34-15-23(36)13-26(34)29(37)33-19(4)24-11-10-21(12-18(24)3)28-20(5)32-16-40-28/h6-12,16-17,19,23,26-27,29,33,36-37H,13-15H2,1-5H3. The van der Waals surface area contributed by atoms with Gasteiger partial charge >= 0.3 is 0 Å². The van der Waals surface area contributed by atoms with Crippen molar-refractivity contribution >= 4 is 23.2 Å². The fourth-order valence-corrected chi connectivity index (χ4v) is 6.99. The normalized spacial score (nSPS) is 21.1. The van der Waals surface area contributed by atoms with Crippen LogP contribution in [0.3, 0.4) is 0 Å². The first-order chi connectivity index (χ1) is 19.1. The number of nitrogens with zero attached hydrogens (tertiary/aromatic N) is 3. The third-order valence-corrected chi connectivity index (χ3v) is 9.18. The van der Waals surface area contributed by atoms with Gasteiger partial charge in [0.15, 0.2) is 0 Å². The van der Waals surface area contributed by atoms with Gasteiger partial charge in [-0.3, -0.25) is 14.9 Å². The zero-order valence-corrected chi connectivity index (χ0v) is 24.5. The van der Waals surface area contributed by atoms with Gasteiger partial charge in [0.05, 0.1) is 28.2 Å². The smallest absolute Gasteiger partial charge is 0.255 e. The molecule has 0 bridgehead atoms. The largest absolute Gasteiger partial charge is 0.391 e. The molecule has 0 spiro atoms. The Morgan fingerprint density at radius 1 is 1.15 bits per heavy atom. The molecule has 40 heavy (non-hydrogen) atoms. The Labute approximate surface area is 239 Å². The molecule has 2 aliphatic heterocycles. The third-order valence-electron chi connectivity index (χ3n) is 8.20. The zero-order chi connectivity index (χ0) is 28.7. The molecule has 3 heterocycles. The lowest BCUT2D eigenvalue weighted by atomic mass is 9.98. The molecule has 5 rings (SSSR count). The van der Waals surface area contributed by atoms with Gasteiger partial charge in [-0.15, -0.1) is 11.3 Å². The van der Waals surface area contributed by atoms with Gasteiger partial charge in [-0.2, -0.15) is 0 Å². The first kappa shape index (κ1) is 28.4. The van der Waals surface area contributed by atoms with Crippen LogP contribution in [0, 0.1) is 19.8 Å². The maximum absolute atomic E-state index is 14.0. The highest BCUT2D eigenvalue weighted by atomic mass is 32.1. The average Bonchev–Trinajstić information content (AvgIpc) is 3.61. The molecule has 2 amide bonds. The molecule has 5 atom stereocenters. The molecule has 0 radical (unpaired) electrons. The molecule has 3 aromatic rings. The number of aromatic nitrogens is 1. The van der Waals surface area contributed by atoms with Crippen LogP contribution in [0.5, 0.6) is 0 Å². The number of fused-ring (bicyclic) bond motifs is 1. The van der Waals surface area contributed by atoms with E-state index >= 15 is 0 Å². The number of carbonyl (C=O) groups excluding carboxylic acids is 2. The molecule has 1 fully saturated rings. The fraction of sp³-hybridized carbons (Fsp3) is 0.452. The number of amides is 2. The summed E-state index contributed by atoms with van der Waals surface area (Å²) in [5, 5.41) is 25.2. The highest BCUT2D eigenvalue weighted by Gasteiger charge is 2.45. The van der Waals surface area contributed by atoms with E-state index in [0.29, 0.717) is 12.1 Å². The highest BCUT2D eigenvalue weighted by Crippen LogP contribution is 2.32. The minimum atomic E-state index is -1.06. The predicted molar refractivity (Wildman–Crippen MR) is 156 cm³/mol. The number of β-amino-alcohol motifs (C(OH)–C–C–N with tert-alkyl or cyclic N) is 1. The number of aliphatic hydroxyl groups excluding tert-OH is 2. The first-order valence-electron chi connectivity index (χ1n) is 13.9. The topological polar surface area (TPSA) is 106 Å². The molecule has 8 nitrogen and oxygen atoms in total. The number of aliphatic hydroxyl groups is 2. The van der Waals surface area contributed by atoms with E-state index in [9.17, 15) is 19.8 Å².